The van der Waals surface area contributed by atoms with Crippen LogP contribution in [0.5, 0.6) is 17.2 Å². The number of nitriles is 1. The first-order chi connectivity index (χ1) is 16.0. The van der Waals surface area contributed by atoms with E-state index in [4.69, 9.17) is 31.5 Å². The summed E-state index contributed by atoms with van der Waals surface area (Å²) in [6, 6.07) is 21.7. The molecule has 1 aliphatic heterocycles. The van der Waals surface area contributed by atoms with Crippen LogP contribution in [0.2, 0.25) is 5.02 Å². The Morgan fingerprint density at radius 2 is 1.91 bits per heavy atom. The third-order valence-electron chi connectivity index (χ3n) is 5.19. The van der Waals surface area contributed by atoms with Gasteiger partial charge in [0.25, 0.3) is 0 Å². The minimum Gasteiger partial charge on any atom is -0.494 e. The highest BCUT2D eigenvalue weighted by Gasteiger charge is 2.31. The molecule has 7 heteroatoms. The average Bonchev–Trinajstić information content (AvgIpc) is 2.80. The molecule has 1 aliphatic rings. The molecule has 0 amide bonds. The molecule has 0 spiro atoms. The number of carbonyl (C=O) groups excluding carboxylic acids is 1. The van der Waals surface area contributed by atoms with Crippen LogP contribution in [0, 0.1) is 11.3 Å². The number of carbonyl (C=O) groups is 1. The van der Waals surface area contributed by atoms with Crippen LogP contribution < -0.4 is 19.9 Å². The van der Waals surface area contributed by atoms with E-state index < -0.39 is 11.9 Å². The van der Waals surface area contributed by atoms with Crippen LogP contribution in [0.3, 0.4) is 0 Å². The van der Waals surface area contributed by atoms with E-state index in [0.29, 0.717) is 34.5 Å². The summed E-state index contributed by atoms with van der Waals surface area (Å²) < 4.78 is 16.8. The first kappa shape index (κ1) is 22.3. The van der Waals surface area contributed by atoms with Gasteiger partial charge in [0.15, 0.2) is 0 Å². The van der Waals surface area contributed by atoms with Crippen molar-refractivity contribution in [1.29, 1.82) is 5.26 Å². The molecule has 3 aromatic carbocycles. The van der Waals surface area contributed by atoms with Crippen molar-refractivity contribution < 1.29 is 19.0 Å². The quantitative estimate of drug-likeness (QED) is 0.406. The summed E-state index contributed by atoms with van der Waals surface area (Å²) in [5.74, 6) is 0.610. The van der Waals surface area contributed by atoms with E-state index in [1.165, 1.54) is 0 Å². The molecule has 0 radical (unpaired) electrons. The summed E-state index contributed by atoms with van der Waals surface area (Å²) in [5.41, 5.74) is 8.77. The second-order valence-corrected chi connectivity index (χ2v) is 7.84. The van der Waals surface area contributed by atoms with E-state index in [0.717, 1.165) is 16.7 Å². The van der Waals surface area contributed by atoms with Crippen LogP contribution in [0.15, 0.2) is 78.2 Å². The zero-order valence-corrected chi connectivity index (χ0v) is 18.6. The lowest BCUT2D eigenvalue weighted by molar-refractivity contribution is -0.133. The molecule has 3 aromatic rings. The fraction of sp³-hybridized carbons (Fsp3) is 0.154. The fourth-order valence-corrected chi connectivity index (χ4v) is 3.86. The topological polar surface area (TPSA) is 94.6 Å². The zero-order valence-electron chi connectivity index (χ0n) is 17.9. The van der Waals surface area contributed by atoms with Gasteiger partial charge in [-0.05, 0) is 48.4 Å². The maximum atomic E-state index is 12.4. The summed E-state index contributed by atoms with van der Waals surface area (Å²) in [7, 11) is 0. The molecule has 1 unspecified atom stereocenters. The summed E-state index contributed by atoms with van der Waals surface area (Å²) in [6.07, 6.45) is 0.0998. The van der Waals surface area contributed by atoms with Gasteiger partial charge in [0, 0.05) is 16.7 Å². The molecule has 166 valence electrons. The van der Waals surface area contributed by atoms with Crippen LogP contribution >= 0.6 is 11.6 Å². The van der Waals surface area contributed by atoms with Crippen LogP contribution in [-0.4, -0.2) is 12.6 Å². The number of halogens is 1. The maximum absolute atomic E-state index is 12.4. The van der Waals surface area contributed by atoms with E-state index in [1.807, 2.05) is 31.2 Å². The number of nitrogens with two attached hydrogens (primary N) is 1. The van der Waals surface area contributed by atoms with E-state index in [9.17, 15) is 10.1 Å². The Hall–Kier alpha value is -3.95. The lowest BCUT2D eigenvalue weighted by Crippen LogP contribution is -2.21. The standard InChI is InChI=1S/C26H21ClN2O4/c1-2-31-19-5-3-4-17(13-19)25-21-11-10-20(14-23(21)33-26(29)22(25)15-28)32-24(30)12-16-6-8-18(27)9-7-16/h3-11,13-14,25H,2,12,29H2,1H3. The van der Waals surface area contributed by atoms with E-state index in [-0.39, 0.29) is 12.3 Å². The minimum atomic E-state index is -0.432. The molecule has 0 saturated carbocycles. The Kier molecular flexibility index (Phi) is 6.53. The molecule has 2 N–H and O–H groups in total. The molecule has 0 aliphatic carbocycles. The number of rotatable bonds is 6. The molecule has 1 heterocycles. The van der Waals surface area contributed by atoms with Crippen molar-refractivity contribution >= 4 is 17.6 Å². The number of allylic oxidation sites excluding steroid dienone is 1. The molecule has 0 bridgehead atoms. The number of ether oxygens (including phenoxy) is 3. The molecule has 33 heavy (non-hydrogen) atoms. The first-order valence-corrected chi connectivity index (χ1v) is 10.8. The van der Waals surface area contributed by atoms with Crippen molar-refractivity contribution in [1.82, 2.24) is 0 Å². The van der Waals surface area contributed by atoms with Gasteiger partial charge in [-0.1, -0.05) is 41.9 Å². The van der Waals surface area contributed by atoms with E-state index in [2.05, 4.69) is 6.07 Å². The maximum Gasteiger partial charge on any atom is 0.315 e. The normalized spacial score (nSPS) is 14.6. The highest BCUT2D eigenvalue weighted by Crippen LogP contribution is 2.44. The SMILES string of the molecule is CCOc1cccc(C2C(C#N)=C(N)Oc3cc(OC(=O)Cc4ccc(Cl)cc4)ccc32)c1. The monoisotopic (exact) mass is 460 g/mol. The van der Waals surface area contributed by atoms with Crippen molar-refractivity contribution in [2.45, 2.75) is 19.3 Å². The van der Waals surface area contributed by atoms with Crippen LogP contribution in [0.25, 0.3) is 0 Å². The van der Waals surface area contributed by atoms with Gasteiger partial charge in [-0.3, -0.25) is 4.79 Å². The van der Waals surface area contributed by atoms with Crippen molar-refractivity contribution in [3.63, 3.8) is 0 Å². The Labute approximate surface area is 196 Å². The predicted molar refractivity (Wildman–Crippen MR) is 124 cm³/mol. The number of hydrogen-bond donors (Lipinski definition) is 1. The van der Waals surface area contributed by atoms with Gasteiger partial charge in [-0.15, -0.1) is 0 Å². The Morgan fingerprint density at radius 1 is 1.12 bits per heavy atom. The second kappa shape index (κ2) is 9.68. The third kappa shape index (κ3) is 4.94. The molecule has 0 saturated heterocycles. The summed E-state index contributed by atoms with van der Waals surface area (Å²) in [6.45, 7) is 2.44. The van der Waals surface area contributed by atoms with Gasteiger partial charge in [0.1, 0.15) is 28.9 Å². The number of nitrogens with zero attached hydrogens (tertiary/aromatic N) is 1. The number of benzene rings is 3. The largest absolute Gasteiger partial charge is 0.494 e. The van der Waals surface area contributed by atoms with Gasteiger partial charge in [0.05, 0.1) is 18.9 Å². The predicted octanol–water partition coefficient (Wildman–Crippen LogP) is 5.10. The van der Waals surface area contributed by atoms with E-state index in [1.54, 1.807) is 42.5 Å². The van der Waals surface area contributed by atoms with Crippen LogP contribution in [0.1, 0.15) is 29.5 Å². The molecular formula is C26H21ClN2O4. The minimum absolute atomic E-state index is 0.0152. The smallest absolute Gasteiger partial charge is 0.315 e. The highest BCUT2D eigenvalue weighted by atomic mass is 35.5. The van der Waals surface area contributed by atoms with Gasteiger partial charge < -0.3 is 19.9 Å². The van der Waals surface area contributed by atoms with E-state index >= 15 is 0 Å². The highest BCUT2D eigenvalue weighted by molar-refractivity contribution is 6.30. The number of fused-ring (bicyclic) bond motifs is 1. The first-order valence-electron chi connectivity index (χ1n) is 10.4. The van der Waals surface area contributed by atoms with Gasteiger partial charge in [0.2, 0.25) is 5.88 Å². The van der Waals surface area contributed by atoms with Gasteiger partial charge in [-0.2, -0.15) is 5.26 Å². The molecule has 4 rings (SSSR count). The van der Waals surface area contributed by atoms with Crippen LogP contribution in [-0.2, 0) is 11.2 Å². The molecule has 0 fully saturated rings. The number of hydrogen-bond acceptors (Lipinski definition) is 6. The second-order valence-electron chi connectivity index (χ2n) is 7.41. The van der Waals surface area contributed by atoms with Crippen LogP contribution in [0.4, 0.5) is 0 Å². The zero-order chi connectivity index (χ0) is 23.4. The lowest BCUT2D eigenvalue weighted by atomic mass is 9.83. The summed E-state index contributed by atoms with van der Waals surface area (Å²) >= 11 is 5.89. The van der Waals surface area contributed by atoms with Gasteiger partial charge >= 0.3 is 5.97 Å². The Balaban J connectivity index is 1.61. The van der Waals surface area contributed by atoms with Crippen molar-refractivity contribution in [3.05, 3.63) is 99.9 Å². The molecule has 6 nitrogen and oxygen atoms in total. The average molecular weight is 461 g/mol. The van der Waals surface area contributed by atoms with Crippen molar-refractivity contribution in [3.8, 4) is 23.3 Å². The summed E-state index contributed by atoms with van der Waals surface area (Å²) in [4.78, 5) is 12.4. The third-order valence-corrected chi connectivity index (χ3v) is 5.44. The van der Waals surface area contributed by atoms with Crippen molar-refractivity contribution in [2.24, 2.45) is 5.73 Å². The number of esters is 1. The molecular weight excluding hydrogens is 440 g/mol. The lowest BCUT2D eigenvalue weighted by Gasteiger charge is -2.27. The van der Waals surface area contributed by atoms with Crippen molar-refractivity contribution in [2.75, 3.05) is 6.61 Å². The van der Waals surface area contributed by atoms with Gasteiger partial charge in [-0.25, -0.2) is 0 Å². The summed E-state index contributed by atoms with van der Waals surface area (Å²) in [5, 5.41) is 10.3. The Morgan fingerprint density at radius 3 is 2.64 bits per heavy atom. The fourth-order valence-electron chi connectivity index (χ4n) is 3.73. The molecule has 0 aromatic heterocycles. The Bertz CT molecular complexity index is 1260. The molecule has 1 atom stereocenters.